The molecule has 5 rings (SSSR count). The lowest BCUT2D eigenvalue weighted by Gasteiger charge is -2.36. The summed E-state index contributed by atoms with van der Waals surface area (Å²) in [5, 5.41) is 12.0. The van der Waals surface area contributed by atoms with Gasteiger partial charge < -0.3 is 10.1 Å². The van der Waals surface area contributed by atoms with Crippen LogP contribution in [0.15, 0.2) is 66.9 Å². The quantitative estimate of drug-likeness (QED) is 0.214. The molecule has 0 fully saturated rings. The van der Waals surface area contributed by atoms with Gasteiger partial charge in [-0.1, -0.05) is 61.3 Å². The number of para-hydroxylation sites is 1. The molecule has 0 unspecified atom stereocenters. The first-order valence-corrected chi connectivity index (χ1v) is 12.7. The molecular weight excluding hydrogens is 491 g/mol. The zero-order valence-electron chi connectivity index (χ0n) is 20.4. The van der Waals surface area contributed by atoms with E-state index in [0.717, 1.165) is 38.9 Å². The molecule has 0 amide bonds. The summed E-state index contributed by atoms with van der Waals surface area (Å²) in [6, 6.07) is 18.7. The predicted molar refractivity (Wildman–Crippen MR) is 147 cm³/mol. The number of ketones is 1. The fourth-order valence-electron chi connectivity index (χ4n) is 5.21. The van der Waals surface area contributed by atoms with Crippen molar-refractivity contribution in [3.05, 3.63) is 93.6 Å². The molecule has 4 aromatic rings. The van der Waals surface area contributed by atoms with Crippen molar-refractivity contribution in [2.45, 2.75) is 38.5 Å². The monoisotopic (exact) mass is 516 g/mol. The first-order valence-electron chi connectivity index (χ1n) is 11.9. The van der Waals surface area contributed by atoms with Crippen LogP contribution in [0.1, 0.15) is 54.6 Å². The minimum atomic E-state index is -0.726. The van der Waals surface area contributed by atoms with Crippen LogP contribution in [-0.2, 0) is 5.41 Å². The van der Waals surface area contributed by atoms with Gasteiger partial charge in [-0.3, -0.25) is 9.78 Å². The van der Waals surface area contributed by atoms with Crippen molar-refractivity contribution >= 4 is 45.5 Å². The van der Waals surface area contributed by atoms with Crippen molar-refractivity contribution in [1.82, 2.24) is 4.98 Å². The van der Waals surface area contributed by atoms with Crippen molar-refractivity contribution in [1.29, 1.82) is 5.41 Å². The van der Waals surface area contributed by atoms with Gasteiger partial charge in [0.1, 0.15) is 5.75 Å². The van der Waals surface area contributed by atoms with Crippen LogP contribution < -0.4 is 4.74 Å². The van der Waals surface area contributed by atoms with Gasteiger partial charge in [0.05, 0.1) is 18.0 Å². The van der Waals surface area contributed by atoms with E-state index in [0.29, 0.717) is 28.6 Å². The molecule has 1 aliphatic rings. The summed E-state index contributed by atoms with van der Waals surface area (Å²) in [5.41, 5.74) is 3.25. The van der Waals surface area contributed by atoms with Crippen molar-refractivity contribution in [3.8, 4) is 17.0 Å². The van der Waals surface area contributed by atoms with E-state index >= 15 is 0 Å². The van der Waals surface area contributed by atoms with Crippen molar-refractivity contribution in [3.63, 3.8) is 0 Å². The lowest BCUT2D eigenvalue weighted by molar-refractivity contribution is 0.105. The molecule has 0 aliphatic carbocycles. The summed E-state index contributed by atoms with van der Waals surface area (Å²) < 4.78 is 5.81. The lowest BCUT2D eigenvalue weighted by Crippen LogP contribution is -2.41. The smallest absolute Gasteiger partial charge is 0.207 e. The van der Waals surface area contributed by atoms with Gasteiger partial charge in [-0.25, -0.2) is 0 Å². The number of benzene rings is 3. The van der Waals surface area contributed by atoms with E-state index in [-0.39, 0.29) is 17.4 Å². The number of hydrogen-bond donors (Lipinski definition) is 1. The van der Waals surface area contributed by atoms with E-state index in [2.05, 4.69) is 18.8 Å². The number of rotatable bonds is 5. The molecule has 0 spiro atoms. The normalized spacial score (nSPS) is 17.1. The molecule has 1 atom stereocenters. The molecule has 2 heterocycles. The van der Waals surface area contributed by atoms with Gasteiger partial charge >= 0.3 is 0 Å². The Morgan fingerprint density at radius 1 is 1.03 bits per heavy atom. The molecule has 0 radical (unpaired) electrons. The largest absolute Gasteiger partial charge is 0.493 e. The van der Waals surface area contributed by atoms with Crippen LogP contribution in [0.25, 0.3) is 22.0 Å². The van der Waals surface area contributed by atoms with Gasteiger partial charge in [0.2, 0.25) is 5.78 Å². The summed E-state index contributed by atoms with van der Waals surface area (Å²) in [5.74, 6) is 0.527. The van der Waals surface area contributed by atoms with E-state index in [4.69, 9.17) is 33.3 Å². The minimum Gasteiger partial charge on any atom is -0.493 e. The highest BCUT2D eigenvalue weighted by molar-refractivity contribution is 6.48. The number of fused-ring (bicyclic) bond motifs is 2. The Balaban J connectivity index is 1.65. The second-order valence-corrected chi connectivity index (χ2v) is 10.6. The number of carbonyl (C=O) groups excluding carboxylic acids is 1. The third-order valence-electron chi connectivity index (χ3n) is 7.07. The highest BCUT2D eigenvalue weighted by atomic mass is 35.5. The fraction of sp³-hybridized carbons (Fsp3) is 0.233. The molecule has 3 aromatic carbocycles. The average molecular weight is 517 g/mol. The van der Waals surface area contributed by atoms with Gasteiger partial charge in [0, 0.05) is 43.7 Å². The molecular formula is C30H26Cl2N2O2. The summed E-state index contributed by atoms with van der Waals surface area (Å²) in [4.78, 5) is 18.6. The first-order chi connectivity index (χ1) is 17.2. The van der Waals surface area contributed by atoms with Crippen LogP contribution in [0.5, 0.6) is 5.75 Å². The summed E-state index contributed by atoms with van der Waals surface area (Å²) in [6.07, 6.45) is 2.32. The Bertz CT molecular complexity index is 1510. The maximum Gasteiger partial charge on any atom is 0.207 e. The maximum atomic E-state index is 14.0. The van der Waals surface area contributed by atoms with Crippen LogP contribution in [-0.4, -0.2) is 23.1 Å². The summed E-state index contributed by atoms with van der Waals surface area (Å²) in [7, 11) is 0. The number of hydrogen-bond acceptors (Lipinski definition) is 4. The number of Topliss-reactive ketones (excluding diaryl/α,β-unsaturated/α-hetero) is 1. The zero-order valence-corrected chi connectivity index (χ0v) is 21.9. The van der Waals surface area contributed by atoms with Crippen LogP contribution >= 0.6 is 23.2 Å². The topological polar surface area (TPSA) is 63.0 Å². The highest BCUT2D eigenvalue weighted by Crippen LogP contribution is 2.41. The summed E-state index contributed by atoms with van der Waals surface area (Å²) in [6.45, 7) is 6.57. The van der Waals surface area contributed by atoms with E-state index in [1.54, 1.807) is 12.3 Å². The molecule has 0 bridgehead atoms. The van der Waals surface area contributed by atoms with Gasteiger partial charge in [-0.2, -0.15) is 0 Å². The molecule has 182 valence electrons. The zero-order chi connectivity index (χ0) is 25.6. The first kappa shape index (κ1) is 24.5. The molecule has 1 N–H and O–H groups in total. The molecule has 0 saturated carbocycles. The van der Waals surface area contributed by atoms with Crippen molar-refractivity contribution in [2.75, 3.05) is 6.61 Å². The maximum absolute atomic E-state index is 14.0. The third kappa shape index (κ3) is 4.08. The molecule has 0 saturated heterocycles. The Morgan fingerprint density at radius 2 is 1.75 bits per heavy atom. The van der Waals surface area contributed by atoms with Gasteiger partial charge in [-0.15, -0.1) is 0 Å². The van der Waals surface area contributed by atoms with E-state index < -0.39 is 5.41 Å². The number of nitrogens with one attached hydrogen (secondary N) is 1. The highest BCUT2D eigenvalue weighted by Gasteiger charge is 2.41. The van der Waals surface area contributed by atoms with E-state index in [9.17, 15) is 4.79 Å². The van der Waals surface area contributed by atoms with Gasteiger partial charge in [-0.05, 0) is 66.6 Å². The molecule has 36 heavy (non-hydrogen) atoms. The van der Waals surface area contributed by atoms with Crippen LogP contribution in [0, 0.1) is 5.41 Å². The van der Waals surface area contributed by atoms with Crippen LogP contribution in [0.3, 0.4) is 0 Å². The molecule has 1 aromatic heterocycles. The second kappa shape index (κ2) is 9.34. The SMILES string of the molecule is CC(C)c1c(C(=O)C(=N)[C@@]2(C)CCOc3ccccc32)ccc2c(-c3cc(Cl)cc(Cl)c3)nccc12. The molecule has 4 nitrogen and oxygen atoms in total. The number of ether oxygens (including phenoxy) is 1. The van der Waals surface area contributed by atoms with Gasteiger partial charge in [0.15, 0.2) is 0 Å². The second-order valence-electron chi connectivity index (χ2n) is 9.73. The fourth-order valence-corrected chi connectivity index (χ4v) is 5.74. The van der Waals surface area contributed by atoms with Crippen LogP contribution in [0.4, 0.5) is 0 Å². The standard InChI is InChI=1S/C30H26Cl2N2O2/c1-17(2)26-21-10-12-34-27(18-14-19(31)16-20(32)15-18)22(21)8-9-23(26)28(35)29(33)30(3)11-13-36-25-7-5-4-6-24(25)30/h4-10,12,14-17,33H,11,13H2,1-3H3/t30-/m0/s1. The number of carbonyl (C=O) groups is 1. The van der Waals surface area contributed by atoms with Crippen molar-refractivity contribution < 1.29 is 9.53 Å². The van der Waals surface area contributed by atoms with Crippen LogP contribution in [0.2, 0.25) is 10.0 Å². The van der Waals surface area contributed by atoms with Crippen molar-refractivity contribution in [2.24, 2.45) is 0 Å². The summed E-state index contributed by atoms with van der Waals surface area (Å²) >= 11 is 12.5. The predicted octanol–water partition coefficient (Wildman–Crippen LogP) is 8.27. The Hall–Kier alpha value is -3.21. The number of nitrogens with zero attached hydrogens (tertiary/aromatic N) is 1. The Kier molecular flexibility index (Phi) is 6.36. The number of pyridine rings is 1. The van der Waals surface area contributed by atoms with E-state index in [1.807, 2.05) is 61.5 Å². The molecule has 1 aliphatic heterocycles. The van der Waals surface area contributed by atoms with Gasteiger partial charge in [0.25, 0.3) is 0 Å². The average Bonchev–Trinajstić information content (AvgIpc) is 2.86. The molecule has 6 heteroatoms. The lowest BCUT2D eigenvalue weighted by atomic mass is 9.71. The Labute approximate surface area is 220 Å². The number of halogens is 2. The minimum absolute atomic E-state index is 0.0495. The Morgan fingerprint density at radius 3 is 2.47 bits per heavy atom. The van der Waals surface area contributed by atoms with E-state index in [1.165, 1.54) is 0 Å². The third-order valence-corrected chi connectivity index (χ3v) is 7.50. The number of aromatic nitrogens is 1.